The number of nitrogen functional groups attached to an aromatic ring is 1. The fraction of sp³-hybridized carbons (Fsp3) is 0.395. The van der Waals surface area contributed by atoms with Crippen molar-refractivity contribution in [3.8, 4) is 11.5 Å². The summed E-state index contributed by atoms with van der Waals surface area (Å²) in [6, 6.07) is 25.8. The number of aromatic nitrogens is 4. The summed E-state index contributed by atoms with van der Waals surface area (Å²) in [6.07, 6.45) is 2.38. The number of aliphatic hydroxyl groups is 1. The van der Waals surface area contributed by atoms with Gasteiger partial charge in [0.2, 0.25) is 0 Å². The van der Waals surface area contributed by atoms with Crippen LogP contribution in [-0.2, 0) is 19.5 Å². The van der Waals surface area contributed by atoms with Gasteiger partial charge in [-0.05, 0) is 59.1 Å². The second kappa shape index (κ2) is 13.8. The Kier molecular flexibility index (Phi) is 9.77. The van der Waals surface area contributed by atoms with Crippen molar-refractivity contribution < 1.29 is 28.5 Å². The number of methoxy groups -OCH3 is 2. The zero-order valence-corrected chi connectivity index (χ0v) is 30.8. The molecular weight excluding hydrogens is 651 g/mol. The normalized spacial score (nSPS) is 19.9. The number of hydrogen-bond acceptors (Lipinski definition) is 10. The quantitative estimate of drug-likeness (QED) is 0.110. The number of hydrogen-bond donors (Lipinski definition) is 2. The van der Waals surface area contributed by atoms with Gasteiger partial charge < -0.3 is 34.2 Å². The van der Waals surface area contributed by atoms with E-state index in [0.29, 0.717) is 17.6 Å². The minimum absolute atomic E-state index is 0.0179. The van der Waals surface area contributed by atoms with E-state index in [-0.39, 0.29) is 24.1 Å². The van der Waals surface area contributed by atoms with Crippen LogP contribution >= 0.6 is 0 Å². The number of ether oxygens (including phenoxy) is 4. The molecule has 0 saturated carbocycles. The second-order valence-corrected chi connectivity index (χ2v) is 19.0. The maximum absolute atomic E-state index is 11.4. The first kappa shape index (κ1) is 35.5. The van der Waals surface area contributed by atoms with Gasteiger partial charge in [-0.3, -0.25) is 4.57 Å². The van der Waals surface area contributed by atoms with Gasteiger partial charge in [0.25, 0.3) is 0 Å². The van der Waals surface area contributed by atoms with Gasteiger partial charge in [0, 0.05) is 6.42 Å². The Morgan fingerprint density at radius 1 is 0.880 bits per heavy atom. The number of benzene rings is 3. The van der Waals surface area contributed by atoms with Crippen LogP contribution in [0.4, 0.5) is 5.82 Å². The monoisotopic (exact) mass is 697 g/mol. The largest absolute Gasteiger partial charge is 0.497 e. The van der Waals surface area contributed by atoms with Crippen molar-refractivity contribution in [2.75, 3.05) is 33.2 Å². The summed E-state index contributed by atoms with van der Waals surface area (Å²) in [6.45, 7) is 10.6. The Morgan fingerprint density at radius 2 is 1.46 bits per heavy atom. The molecule has 11 nitrogen and oxygen atoms in total. The van der Waals surface area contributed by atoms with E-state index >= 15 is 0 Å². The average molecular weight is 698 g/mol. The molecule has 3 N–H and O–H groups in total. The number of anilines is 1. The smallest absolute Gasteiger partial charge is 0.192 e. The number of aliphatic hydroxyl groups excluding tert-OH is 1. The molecule has 1 fully saturated rings. The first-order valence-electron chi connectivity index (χ1n) is 16.8. The number of fused-ring (bicyclic) bond motifs is 1. The molecule has 0 radical (unpaired) electrons. The molecule has 0 unspecified atom stereocenters. The van der Waals surface area contributed by atoms with Gasteiger partial charge >= 0.3 is 0 Å². The van der Waals surface area contributed by atoms with Crippen molar-refractivity contribution in [3.05, 3.63) is 108 Å². The van der Waals surface area contributed by atoms with Crippen LogP contribution in [0.2, 0.25) is 18.1 Å². The highest BCUT2D eigenvalue weighted by Gasteiger charge is 2.55. The van der Waals surface area contributed by atoms with Crippen LogP contribution in [0.5, 0.6) is 11.5 Å². The van der Waals surface area contributed by atoms with Crippen molar-refractivity contribution in [2.45, 2.75) is 68.9 Å². The van der Waals surface area contributed by atoms with E-state index in [9.17, 15) is 5.11 Å². The van der Waals surface area contributed by atoms with Crippen LogP contribution in [0.3, 0.4) is 0 Å². The fourth-order valence-corrected chi connectivity index (χ4v) is 7.72. The third-order valence-electron chi connectivity index (χ3n) is 10.3. The van der Waals surface area contributed by atoms with Gasteiger partial charge in [-0.2, -0.15) is 0 Å². The Labute approximate surface area is 294 Å². The van der Waals surface area contributed by atoms with Crippen molar-refractivity contribution in [1.29, 1.82) is 0 Å². The van der Waals surface area contributed by atoms with E-state index in [0.717, 1.165) is 28.2 Å². The lowest BCUT2D eigenvalue weighted by Gasteiger charge is -2.44. The van der Waals surface area contributed by atoms with Gasteiger partial charge in [0.1, 0.15) is 40.8 Å². The van der Waals surface area contributed by atoms with Crippen LogP contribution in [0.1, 0.15) is 50.1 Å². The molecule has 1 aliphatic heterocycles. The van der Waals surface area contributed by atoms with Gasteiger partial charge in [0.05, 0.1) is 39.9 Å². The molecule has 12 heteroatoms. The van der Waals surface area contributed by atoms with Crippen LogP contribution in [0.25, 0.3) is 11.2 Å². The first-order valence-corrected chi connectivity index (χ1v) is 19.7. The molecule has 0 bridgehead atoms. The fourth-order valence-electron chi connectivity index (χ4n) is 6.35. The van der Waals surface area contributed by atoms with E-state index in [1.54, 1.807) is 20.5 Å². The Balaban J connectivity index is 1.49. The molecule has 0 spiro atoms. The Morgan fingerprint density at radius 3 is 2.00 bits per heavy atom. The Hall–Kier alpha value is -4.33. The number of nitrogens with two attached hydrogens (primary N) is 1. The van der Waals surface area contributed by atoms with Gasteiger partial charge in [-0.25, -0.2) is 15.0 Å². The third kappa shape index (κ3) is 6.38. The summed E-state index contributed by atoms with van der Waals surface area (Å²) in [5, 5.41) is 11.3. The summed E-state index contributed by atoms with van der Waals surface area (Å²) >= 11 is 0. The minimum atomic E-state index is -2.38. The second-order valence-electron chi connectivity index (χ2n) is 14.3. The van der Waals surface area contributed by atoms with Gasteiger partial charge in [0.15, 0.2) is 19.8 Å². The standard InChI is InChI=1S/C38H47N5O6Si/c1-36(2,3)50(6,7)49-31-21-32(43-25-42-33-34(39)40-24-41-35(33)43)48-37(31,22-44)23-47-38(26-11-9-8-10-12-26,27-13-17-29(45-4)18-14-27)28-15-19-30(46-5)20-16-28/h8-20,24-25,31-32,44H,21-23H2,1-7H3,(H2,39,40,41)/t31-,32+,37-/m0/s1. The summed E-state index contributed by atoms with van der Waals surface area (Å²) in [7, 11) is 0.902. The number of nitrogens with zero attached hydrogens (tertiary/aromatic N) is 4. The molecule has 264 valence electrons. The van der Waals surface area contributed by atoms with Gasteiger partial charge in [-0.15, -0.1) is 0 Å². The lowest BCUT2D eigenvalue weighted by atomic mass is 9.79. The van der Waals surface area contributed by atoms with Crippen LogP contribution in [-0.4, -0.2) is 72.1 Å². The maximum Gasteiger partial charge on any atom is 0.192 e. The van der Waals surface area contributed by atoms with E-state index in [1.807, 2.05) is 83.4 Å². The molecule has 3 atom stereocenters. The van der Waals surface area contributed by atoms with Crippen molar-refractivity contribution in [2.24, 2.45) is 0 Å². The minimum Gasteiger partial charge on any atom is -0.497 e. The molecule has 6 rings (SSSR count). The lowest BCUT2D eigenvalue weighted by molar-refractivity contribution is -0.175. The predicted molar refractivity (Wildman–Crippen MR) is 195 cm³/mol. The van der Waals surface area contributed by atoms with Crippen molar-refractivity contribution in [1.82, 2.24) is 19.5 Å². The summed E-state index contributed by atoms with van der Waals surface area (Å²) in [4.78, 5) is 13.1. The van der Waals surface area contributed by atoms with E-state index in [2.05, 4.69) is 48.8 Å². The van der Waals surface area contributed by atoms with E-state index < -0.39 is 31.9 Å². The van der Waals surface area contributed by atoms with Crippen LogP contribution in [0, 0.1) is 0 Å². The highest BCUT2D eigenvalue weighted by atomic mass is 28.4. The topological polar surface area (TPSA) is 136 Å². The summed E-state index contributed by atoms with van der Waals surface area (Å²) < 4.78 is 34.3. The molecule has 3 heterocycles. The van der Waals surface area contributed by atoms with E-state index in [1.165, 1.54) is 6.33 Å². The van der Waals surface area contributed by atoms with Crippen LogP contribution < -0.4 is 15.2 Å². The predicted octanol–water partition coefficient (Wildman–Crippen LogP) is 6.47. The van der Waals surface area contributed by atoms with Crippen molar-refractivity contribution >= 4 is 25.3 Å². The molecule has 1 aliphatic rings. The average Bonchev–Trinajstić information content (AvgIpc) is 3.71. The van der Waals surface area contributed by atoms with Crippen molar-refractivity contribution in [3.63, 3.8) is 0 Å². The maximum atomic E-state index is 11.4. The molecule has 1 saturated heterocycles. The highest BCUT2D eigenvalue weighted by molar-refractivity contribution is 6.74. The SMILES string of the molecule is COc1ccc(C(OC[C@]2(CO)O[C@@H](n3cnc4c(N)ncnc43)C[C@@H]2O[Si](C)(C)C(C)(C)C)(c2ccccc2)c2ccc(OC)cc2)cc1. The van der Waals surface area contributed by atoms with Crippen LogP contribution in [0.15, 0.2) is 91.5 Å². The first-order chi connectivity index (χ1) is 23.9. The molecule has 2 aromatic heterocycles. The molecule has 3 aromatic carbocycles. The summed E-state index contributed by atoms with van der Waals surface area (Å²) in [5.41, 5.74) is 7.40. The molecule has 0 aliphatic carbocycles. The zero-order valence-electron chi connectivity index (χ0n) is 29.8. The summed E-state index contributed by atoms with van der Waals surface area (Å²) in [5.74, 6) is 1.72. The third-order valence-corrected chi connectivity index (χ3v) is 14.8. The number of rotatable bonds is 12. The number of imidazole rings is 1. The van der Waals surface area contributed by atoms with Gasteiger partial charge in [-0.1, -0.05) is 75.4 Å². The molecule has 5 aromatic rings. The van der Waals surface area contributed by atoms with E-state index in [4.69, 9.17) is 29.1 Å². The zero-order chi connectivity index (χ0) is 35.7. The highest BCUT2D eigenvalue weighted by Crippen LogP contribution is 2.48. The molecular formula is C38H47N5O6Si. The lowest BCUT2D eigenvalue weighted by Crippen LogP contribution is -2.55. The Bertz CT molecular complexity index is 1850. The molecule has 0 amide bonds. The molecule has 50 heavy (non-hydrogen) atoms.